The number of amides is 1. The van der Waals surface area contributed by atoms with Crippen molar-refractivity contribution < 1.29 is 27.1 Å². The Hall–Kier alpha value is -3.59. The molecule has 0 saturated carbocycles. The highest BCUT2D eigenvalue weighted by Crippen LogP contribution is 2.39. The van der Waals surface area contributed by atoms with Crippen LogP contribution in [0, 0.1) is 5.82 Å². The van der Waals surface area contributed by atoms with Crippen molar-refractivity contribution in [3.63, 3.8) is 0 Å². The molecule has 0 unspecified atom stereocenters. The molecule has 30 heavy (non-hydrogen) atoms. The molecule has 9 heteroatoms. The van der Waals surface area contributed by atoms with Crippen molar-refractivity contribution in [2.75, 3.05) is 23.8 Å². The van der Waals surface area contributed by atoms with Crippen LogP contribution < -0.4 is 19.1 Å². The van der Waals surface area contributed by atoms with Gasteiger partial charge in [-0.15, -0.1) is 0 Å². The summed E-state index contributed by atoms with van der Waals surface area (Å²) in [4.78, 5) is 14.1. The second kappa shape index (κ2) is 7.34. The molecule has 1 amide bonds. The summed E-state index contributed by atoms with van der Waals surface area (Å²) in [5.41, 5.74) is 0.922. The Labute approximate surface area is 172 Å². The Bertz CT molecular complexity index is 1260. The fourth-order valence-electron chi connectivity index (χ4n) is 3.11. The van der Waals surface area contributed by atoms with Gasteiger partial charge in [0.15, 0.2) is 17.3 Å². The van der Waals surface area contributed by atoms with Gasteiger partial charge in [-0.2, -0.15) is 0 Å². The lowest BCUT2D eigenvalue weighted by Crippen LogP contribution is -2.25. The average molecular weight is 428 g/mol. The van der Waals surface area contributed by atoms with E-state index in [1.165, 1.54) is 42.3 Å². The van der Waals surface area contributed by atoms with Crippen LogP contribution in [0.3, 0.4) is 0 Å². The highest BCUT2D eigenvalue weighted by atomic mass is 32.2. The maximum atomic E-state index is 13.9. The number of nitrogens with one attached hydrogen (secondary N) is 1. The Morgan fingerprint density at radius 2 is 1.80 bits per heavy atom. The third-order valence-electron chi connectivity index (χ3n) is 4.65. The van der Waals surface area contributed by atoms with Gasteiger partial charge < -0.3 is 14.4 Å². The number of sulfonamides is 1. The summed E-state index contributed by atoms with van der Waals surface area (Å²) < 4.78 is 52.3. The van der Waals surface area contributed by atoms with Crippen molar-refractivity contribution in [3.05, 3.63) is 72.0 Å². The van der Waals surface area contributed by atoms with Gasteiger partial charge in [0.2, 0.25) is 0 Å². The van der Waals surface area contributed by atoms with Crippen LogP contribution in [0.4, 0.5) is 15.8 Å². The fraction of sp³-hybridized carbons (Fsp3) is 0.0952. The number of fused-ring (bicyclic) bond motifs is 2. The van der Waals surface area contributed by atoms with Gasteiger partial charge >= 0.3 is 0 Å². The van der Waals surface area contributed by atoms with Gasteiger partial charge in [0.25, 0.3) is 15.9 Å². The summed E-state index contributed by atoms with van der Waals surface area (Å²) in [6, 6.07) is 14.8. The number of hydrogen-bond donors (Lipinski definition) is 1. The lowest BCUT2D eigenvalue weighted by molar-refractivity contribution is 0.0993. The maximum Gasteiger partial charge on any atom is 0.262 e. The van der Waals surface area contributed by atoms with E-state index in [9.17, 15) is 17.6 Å². The van der Waals surface area contributed by atoms with Crippen LogP contribution in [0.1, 0.15) is 10.4 Å². The maximum absolute atomic E-state index is 13.9. The first-order chi connectivity index (χ1) is 14.3. The largest absolute Gasteiger partial charge is 0.494 e. The van der Waals surface area contributed by atoms with Gasteiger partial charge in [0.05, 0.1) is 23.3 Å². The normalized spacial score (nSPS) is 13.0. The number of anilines is 2. The van der Waals surface area contributed by atoms with Crippen LogP contribution in [-0.4, -0.2) is 28.5 Å². The van der Waals surface area contributed by atoms with E-state index in [1.807, 2.05) is 0 Å². The van der Waals surface area contributed by atoms with E-state index in [4.69, 9.17) is 9.47 Å². The summed E-state index contributed by atoms with van der Waals surface area (Å²) in [5, 5.41) is 0. The Morgan fingerprint density at radius 3 is 2.53 bits per heavy atom. The van der Waals surface area contributed by atoms with E-state index >= 15 is 0 Å². The molecule has 1 aliphatic heterocycles. The van der Waals surface area contributed by atoms with E-state index in [0.717, 1.165) is 6.07 Å². The van der Waals surface area contributed by atoms with Crippen molar-refractivity contribution in [1.82, 2.24) is 0 Å². The summed E-state index contributed by atoms with van der Waals surface area (Å²) in [5.74, 6) is -0.412. The molecule has 4 rings (SSSR count). The van der Waals surface area contributed by atoms with Crippen molar-refractivity contribution in [1.29, 1.82) is 0 Å². The number of ether oxygens (including phenoxy) is 2. The second-order valence-corrected chi connectivity index (χ2v) is 8.23. The van der Waals surface area contributed by atoms with Gasteiger partial charge in [-0.05, 0) is 48.5 Å². The molecular formula is C21H17FN2O5S. The molecule has 0 aromatic heterocycles. The first-order valence-corrected chi connectivity index (χ1v) is 10.3. The Morgan fingerprint density at radius 1 is 1.03 bits per heavy atom. The molecule has 0 fully saturated rings. The summed E-state index contributed by atoms with van der Waals surface area (Å²) in [6.45, 7) is 0. The number of halogens is 1. The number of methoxy groups -OCH3 is 1. The van der Waals surface area contributed by atoms with Crippen molar-refractivity contribution in [2.45, 2.75) is 4.90 Å². The smallest absolute Gasteiger partial charge is 0.262 e. The molecule has 7 nitrogen and oxygen atoms in total. The van der Waals surface area contributed by atoms with Crippen LogP contribution >= 0.6 is 0 Å². The van der Waals surface area contributed by atoms with Gasteiger partial charge in [-0.3, -0.25) is 9.52 Å². The first-order valence-electron chi connectivity index (χ1n) is 8.85. The van der Waals surface area contributed by atoms with Crippen molar-refractivity contribution in [2.24, 2.45) is 0 Å². The fourth-order valence-corrected chi connectivity index (χ4v) is 4.17. The zero-order valence-electron chi connectivity index (χ0n) is 16.0. The molecule has 0 atom stereocenters. The van der Waals surface area contributed by atoms with Crippen molar-refractivity contribution in [3.8, 4) is 17.2 Å². The lowest BCUT2D eigenvalue weighted by atomic mass is 10.1. The molecule has 3 aromatic carbocycles. The molecule has 0 aliphatic carbocycles. The molecule has 0 saturated heterocycles. The quantitative estimate of drug-likeness (QED) is 0.679. The van der Waals surface area contributed by atoms with Crippen LogP contribution in [0.2, 0.25) is 0 Å². The summed E-state index contributed by atoms with van der Waals surface area (Å²) >= 11 is 0. The Balaban J connectivity index is 1.68. The summed E-state index contributed by atoms with van der Waals surface area (Å²) in [6.07, 6.45) is 0. The zero-order valence-corrected chi connectivity index (χ0v) is 16.9. The van der Waals surface area contributed by atoms with E-state index in [-0.39, 0.29) is 27.8 Å². The van der Waals surface area contributed by atoms with E-state index in [1.54, 1.807) is 31.3 Å². The molecule has 154 valence electrons. The van der Waals surface area contributed by atoms with Crippen LogP contribution in [0.15, 0.2) is 65.6 Å². The minimum atomic E-state index is -4.09. The molecular weight excluding hydrogens is 411 g/mol. The third kappa shape index (κ3) is 3.43. The number of carbonyl (C=O) groups excluding carboxylic acids is 1. The number of carbonyl (C=O) groups is 1. The number of nitrogens with zero attached hydrogens (tertiary/aromatic N) is 1. The monoisotopic (exact) mass is 428 g/mol. The first kappa shape index (κ1) is 19.7. The molecule has 1 heterocycles. The summed E-state index contributed by atoms with van der Waals surface area (Å²) in [7, 11) is -1.20. The second-order valence-electron chi connectivity index (χ2n) is 6.55. The average Bonchev–Trinajstić information content (AvgIpc) is 2.83. The Kier molecular flexibility index (Phi) is 4.83. The lowest BCUT2D eigenvalue weighted by Gasteiger charge is -2.16. The minimum Gasteiger partial charge on any atom is -0.494 e. The molecule has 0 spiro atoms. The predicted octanol–water partition coefficient (Wildman–Crippen LogP) is 4.02. The number of rotatable bonds is 4. The van der Waals surface area contributed by atoms with Crippen LogP contribution in [-0.2, 0) is 10.0 Å². The third-order valence-corrected chi connectivity index (χ3v) is 6.03. The van der Waals surface area contributed by atoms with Crippen LogP contribution in [0.5, 0.6) is 17.2 Å². The van der Waals surface area contributed by atoms with Gasteiger partial charge in [0.1, 0.15) is 5.75 Å². The molecule has 0 radical (unpaired) electrons. The minimum absolute atomic E-state index is 0.0654. The zero-order chi connectivity index (χ0) is 21.5. The van der Waals surface area contributed by atoms with Gasteiger partial charge in [-0.1, -0.05) is 12.1 Å². The number of hydrogen-bond acceptors (Lipinski definition) is 5. The van der Waals surface area contributed by atoms with Gasteiger partial charge in [0, 0.05) is 12.7 Å². The van der Waals surface area contributed by atoms with Crippen molar-refractivity contribution >= 4 is 27.3 Å². The molecule has 1 N–H and O–H groups in total. The number of para-hydroxylation sites is 2. The van der Waals surface area contributed by atoms with Gasteiger partial charge in [-0.25, -0.2) is 12.8 Å². The van der Waals surface area contributed by atoms with E-state index in [0.29, 0.717) is 17.2 Å². The van der Waals surface area contributed by atoms with E-state index in [2.05, 4.69) is 4.72 Å². The molecule has 0 bridgehead atoms. The highest BCUT2D eigenvalue weighted by molar-refractivity contribution is 7.92. The molecule has 1 aliphatic rings. The van der Waals surface area contributed by atoms with Crippen LogP contribution in [0.25, 0.3) is 0 Å². The predicted molar refractivity (Wildman–Crippen MR) is 109 cm³/mol. The standard InChI is InChI=1S/C21H17FN2O5S/c1-24-17-5-3-4-6-20(17)29-18-9-7-13(11-15(18)21(24)25)23-30(26,27)14-8-10-19(28-2)16(22)12-14/h3-12,23H,1-2H3. The SMILES string of the molecule is COc1ccc(S(=O)(=O)Nc2ccc3c(c2)C(=O)N(C)c2ccccc2O3)cc1F. The molecule has 3 aromatic rings. The van der Waals surface area contributed by atoms with E-state index < -0.39 is 15.8 Å². The number of benzene rings is 3. The highest BCUT2D eigenvalue weighted by Gasteiger charge is 2.26. The topological polar surface area (TPSA) is 84.9 Å².